The zero-order chi connectivity index (χ0) is 25.9. The Bertz CT molecular complexity index is 1140. The molecule has 0 fully saturated rings. The Hall–Kier alpha value is -2.54. The highest BCUT2D eigenvalue weighted by Crippen LogP contribution is 2.28. The van der Waals surface area contributed by atoms with Crippen LogP contribution in [0.5, 0.6) is 5.75 Å². The summed E-state index contributed by atoms with van der Waals surface area (Å²) in [6.07, 6.45) is 2.19. The number of carbonyl (C=O) groups is 2. The predicted molar refractivity (Wildman–Crippen MR) is 149 cm³/mol. The van der Waals surface area contributed by atoms with Crippen LogP contribution >= 0.6 is 39.1 Å². The van der Waals surface area contributed by atoms with E-state index in [1.54, 1.807) is 35.2 Å². The SMILES string of the molecule is CCCCNC(=O)[C@H](Cc1ccccc1)N(Cc1ccc(Cl)cc1)C(=O)COc1ccc(Br)cc1Cl. The van der Waals surface area contributed by atoms with Gasteiger partial charge in [0, 0.05) is 29.0 Å². The van der Waals surface area contributed by atoms with Gasteiger partial charge in [-0.05, 0) is 47.9 Å². The van der Waals surface area contributed by atoms with Gasteiger partial charge in [-0.2, -0.15) is 0 Å². The third-order valence-corrected chi connectivity index (χ3v) is 6.65. The average Bonchev–Trinajstić information content (AvgIpc) is 2.87. The van der Waals surface area contributed by atoms with Crippen LogP contribution in [0.15, 0.2) is 77.3 Å². The maximum atomic E-state index is 13.6. The van der Waals surface area contributed by atoms with E-state index >= 15 is 0 Å². The number of benzene rings is 3. The Morgan fingerprint density at radius 1 is 1.00 bits per heavy atom. The number of hydrogen-bond acceptors (Lipinski definition) is 3. The summed E-state index contributed by atoms with van der Waals surface area (Å²) in [6.45, 7) is 2.58. The predicted octanol–water partition coefficient (Wildman–Crippen LogP) is 6.69. The van der Waals surface area contributed by atoms with Crippen LogP contribution in [0, 0.1) is 0 Å². The van der Waals surface area contributed by atoms with Crippen molar-refractivity contribution in [1.29, 1.82) is 0 Å². The van der Waals surface area contributed by atoms with Crippen LogP contribution in [0.3, 0.4) is 0 Å². The van der Waals surface area contributed by atoms with Crippen molar-refractivity contribution in [3.8, 4) is 5.75 Å². The second kappa shape index (κ2) is 14.3. The number of rotatable bonds is 12. The van der Waals surface area contributed by atoms with Crippen molar-refractivity contribution in [2.24, 2.45) is 0 Å². The van der Waals surface area contributed by atoms with Gasteiger partial charge in [0.05, 0.1) is 5.02 Å². The average molecular weight is 592 g/mol. The van der Waals surface area contributed by atoms with Gasteiger partial charge in [-0.1, -0.05) is 94.9 Å². The molecule has 0 heterocycles. The normalized spacial score (nSPS) is 11.6. The molecule has 3 aromatic rings. The molecule has 5 nitrogen and oxygen atoms in total. The maximum absolute atomic E-state index is 13.6. The van der Waals surface area contributed by atoms with E-state index in [0.29, 0.717) is 28.8 Å². The van der Waals surface area contributed by atoms with Gasteiger partial charge in [0.2, 0.25) is 5.91 Å². The van der Waals surface area contributed by atoms with Gasteiger partial charge in [0.25, 0.3) is 5.91 Å². The van der Waals surface area contributed by atoms with E-state index in [0.717, 1.165) is 28.4 Å². The molecule has 0 saturated carbocycles. The quantitative estimate of drug-likeness (QED) is 0.239. The van der Waals surface area contributed by atoms with Gasteiger partial charge in [0.1, 0.15) is 11.8 Å². The Balaban J connectivity index is 1.88. The molecule has 3 aromatic carbocycles. The van der Waals surface area contributed by atoms with Crippen molar-refractivity contribution >= 4 is 50.9 Å². The Morgan fingerprint density at radius 2 is 1.72 bits per heavy atom. The second-order valence-electron chi connectivity index (χ2n) is 8.36. The lowest BCUT2D eigenvalue weighted by molar-refractivity contribution is -0.142. The molecule has 0 spiro atoms. The Morgan fingerprint density at radius 3 is 2.39 bits per heavy atom. The highest BCUT2D eigenvalue weighted by Gasteiger charge is 2.30. The molecule has 36 heavy (non-hydrogen) atoms. The monoisotopic (exact) mass is 590 g/mol. The van der Waals surface area contributed by atoms with Gasteiger partial charge in [-0.15, -0.1) is 0 Å². The van der Waals surface area contributed by atoms with E-state index in [2.05, 4.69) is 28.2 Å². The molecule has 0 saturated heterocycles. The van der Waals surface area contributed by atoms with E-state index < -0.39 is 6.04 Å². The van der Waals surface area contributed by atoms with Crippen molar-refractivity contribution in [2.45, 2.75) is 38.8 Å². The minimum atomic E-state index is -0.726. The van der Waals surface area contributed by atoms with Crippen LogP contribution in [0.25, 0.3) is 0 Å². The zero-order valence-electron chi connectivity index (χ0n) is 20.1. The molecule has 0 radical (unpaired) electrons. The minimum absolute atomic E-state index is 0.198. The van der Waals surface area contributed by atoms with E-state index in [1.165, 1.54) is 0 Å². The molecule has 1 atom stereocenters. The molecule has 1 N–H and O–H groups in total. The summed E-state index contributed by atoms with van der Waals surface area (Å²) in [5, 5.41) is 3.99. The molecular weight excluding hydrogens is 563 g/mol. The number of hydrogen-bond donors (Lipinski definition) is 1. The minimum Gasteiger partial charge on any atom is -0.482 e. The first-order valence-corrected chi connectivity index (χ1v) is 13.4. The summed E-state index contributed by atoms with van der Waals surface area (Å²) >= 11 is 15.7. The zero-order valence-corrected chi connectivity index (χ0v) is 23.2. The van der Waals surface area contributed by atoms with Gasteiger partial charge in [-0.25, -0.2) is 0 Å². The highest BCUT2D eigenvalue weighted by atomic mass is 79.9. The van der Waals surface area contributed by atoms with Crippen molar-refractivity contribution in [1.82, 2.24) is 10.2 Å². The standard InChI is InChI=1S/C28H29BrCl2N2O3/c1-2-3-15-32-28(35)25(16-20-7-5-4-6-8-20)33(18-21-9-12-23(30)13-10-21)27(34)19-36-26-14-11-22(29)17-24(26)31/h4-14,17,25H,2-3,15-16,18-19H2,1H3,(H,32,35)/t25-/m0/s1. The molecule has 0 aromatic heterocycles. The van der Waals surface area contributed by atoms with Crippen molar-refractivity contribution in [3.63, 3.8) is 0 Å². The third-order valence-electron chi connectivity index (χ3n) is 5.61. The number of carbonyl (C=O) groups excluding carboxylic acids is 2. The lowest BCUT2D eigenvalue weighted by Crippen LogP contribution is -2.51. The molecule has 190 valence electrons. The lowest BCUT2D eigenvalue weighted by atomic mass is 10.0. The molecule has 0 unspecified atom stereocenters. The summed E-state index contributed by atoms with van der Waals surface area (Å²) in [4.78, 5) is 28.5. The van der Waals surface area contributed by atoms with Crippen molar-refractivity contribution in [3.05, 3.63) is 98.4 Å². The fourth-order valence-corrected chi connectivity index (χ4v) is 4.52. The van der Waals surface area contributed by atoms with E-state index in [9.17, 15) is 9.59 Å². The van der Waals surface area contributed by atoms with Crippen LogP contribution in [0.1, 0.15) is 30.9 Å². The largest absolute Gasteiger partial charge is 0.482 e. The van der Waals surface area contributed by atoms with Crippen LogP contribution in [-0.2, 0) is 22.6 Å². The highest BCUT2D eigenvalue weighted by molar-refractivity contribution is 9.10. The van der Waals surface area contributed by atoms with E-state index in [4.69, 9.17) is 27.9 Å². The first-order valence-electron chi connectivity index (χ1n) is 11.8. The van der Waals surface area contributed by atoms with Gasteiger partial charge < -0.3 is 15.0 Å². The molecule has 3 rings (SSSR count). The van der Waals surface area contributed by atoms with Crippen LogP contribution in [-0.4, -0.2) is 35.9 Å². The smallest absolute Gasteiger partial charge is 0.261 e. The summed E-state index contributed by atoms with van der Waals surface area (Å²) in [5.74, 6) is -0.126. The molecule has 0 aliphatic rings. The number of nitrogens with one attached hydrogen (secondary N) is 1. The number of nitrogens with zero attached hydrogens (tertiary/aromatic N) is 1. The van der Waals surface area contributed by atoms with Crippen LogP contribution < -0.4 is 10.1 Å². The summed E-state index contributed by atoms with van der Waals surface area (Å²) in [5.41, 5.74) is 1.81. The number of unbranched alkanes of at least 4 members (excludes halogenated alkanes) is 1. The van der Waals surface area contributed by atoms with E-state index in [-0.39, 0.29) is 25.0 Å². The first kappa shape index (κ1) is 28.0. The molecule has 0 aliphatic heterocycles. The topological polar surface area (TPSA) is 58.6 Å². The van der Waals surface area contributed by atoms with Crippen molar-refractivity contribution < 1.29 is 14.3 Å². The first-order chi connectivity index (χ1) is 17.4. The Labute approximate surface area is 230 Å². The fraction of sp³-hybridized carbons (Fsp3) is 0.286. The summed E-state index contributed by atoms with van der Waals surface area (Å²) in [6, 6.07) is 21.4. The van der Waals surface area contributed by atoms with Crippen LogP contribution in [0.2, 0.25) is 10.0 Å². The van der Waals surface area contributed by atoms with Gasteiger partial charge >= 0.3 is 0 Å². The molecule has 8 heteroatoms. The summed E-state index contributed by atoms with van der Waals surface area (Å²) in [7, 11) is 0. The number of amides is 2. The summed E-state index contributed by atoms with van der Waals surface area (Å²) < 4.78 is 6.58. The third kappa shape index (κ3) is 8.54. The molecule has 0 bridgehead atoms. The fourth-order valence-electron chi connectivity index (χ4n) is 3.66. The van der Waals surface area contributed by atoms with Gasteiger partial charge in [0.15, 0.2) is 6.61 Å². The molecular formula is C28H29BrCl2N2O3. The van der Waals surface area contributed by atoms with E-state index in [1.807, 2.05) is 42.5 Å². The lowest BCUT2D eigenvalue weighted by Gasteiger charge is -2.31. The van der Waals surface area contributed by atoms with Crippen molar-refractivity contribution in [2.75, 3.05) is 13.2 Å². The molecule has 0 aliphatic carbocycles. The van der Waals surface area contributed by atoms with Gasteiger partial charge in [-0.3, -0.25) is 9.59 Å². The maximum Gasteiger partial charge on any atom is 0.261 e. The number of ether oxygens (including phenoxy) is 1. The molecule has 2 amide bonds. The Kier molecular flexibility index (Phi) is 11.1. The number of halogens is 3. The van der Waals surface area contributed by atoms with Crippen LogP contribution in [0.4, 0.5) is 0 Å². The second-order valence-corrected chi connectivity index (χ2v) is 10.1.